The van der Waals surface area contributed by atoms with Crippen molar-refractivity contribution in [1.82, 2.24) is 49.9 Å². The zero-order valence-electron chi connectivity index (χ0n) is 54.2. The fourth-order valence-corrected chi connectivity index (χ4v) is 12.7. The second-order valence-corrected chi connectivity index (χ2v) is 25.6. The number of esters is 2. The van der Waals surface area contributed by atoms with E-state index in [1.165, 1.54) is 70.9 Å². The number of primary amides is 1. The highest BCUT2D eigenvalue weighted by molar-refractivity contribution is 6.11. The largest absolute Gasteiger partial charge is 0.458 e. The second-order valence-electron chi connectivity index (χ2n) is 25.6. The third-order valence-corrected chi connectivity index (χ3v) is 17.7. The number of rotatable bonds is 8. The van der Waals surface area contributed by atoms with E-state index >= 15 is 33.6 Å². The van der Waals surface area contributed by atoms with E-state index in [2.05, 4.69) is 10.6 Å². The quantitative estimate of drug-likeness (QED) is 0.138. The summed E-state index contributed by atoms with van der Waals surface area (Å²) in [5, 5.41) is 5.50. The normalized spacial score (nSPS) is 26.3. The van der Waals surface area contributed by atoms with E-state index in [0.29, 0.717) is 23.3 Å². The molecule has 6 aliphatic rings. The molecule has 1 aromatic rings. The van der Waals surface area contributed by atoms with Gasteiger partial charge >= 0.3 is 11.9 Å². The van der Waals surface area contributed by atoms with Gasteiger partial charge in [0.25, 0.3) is 11.8 Å². The molecule has 28 heteroatoms. The first-order chi connectivity index (χ1) is 42.0. The second kappa shape index (κ2) is 27.2. The Morgan fingerprint density at radius 1 is 0.633 bits per heavy atom. The predicted molar refractivity (Wildman–Crippen MR) is 325 cm³/mol. The number of nitrogens with zero attached hydrogens (tertiary/aromatic N) is 8. The Hall–Kier alpha value is -8.72. The summed E-state index contributed by atoms with van der Waals surface area (Å²) < 4.78 is 18.9. The lowest BCUT2D eigenvalue weighted by Crippen LogP contribution is -2.68. The van der Waals surface area contributed by atoms with Gasteiger partial charge in [0.1, 0.15) is 71.8 Å². The van der Waals surface area contributed by atoms with E-state index in [9.17, 15) is 28.8 Å². The number of amides is 10. The van der Waals surface area contributed by atoms with Crippen LogP contribution in [0.4, 0.5) is 5.69 Å². The van der Waals surface area contributed by atoms with Crippen LogP contribution in [0, 0.1) is 37.5 Å². The molecule has 6 N–H and O–H groups in total. The summed E-state index contributed by atoms with van der Waals surface area (Å²) in [5.74, 6) is -15.2. The molecule has 90 heavy (non-hydrogen) atoms. The number of benzene rings is 2. The number of carbonyl (C=O) groups excluding carboxylic acids is 12. The molecule has 10 unspecified atom stereocenters. The first-order valence-electron chi connectivity index (χ1n) is 30.5. The number of nitrogens with two attached hydrogens (primary N) is 2. The summed E-state index contributed by atoms with van der Waals surface area (Å²) in [6.45, 7) is 17.0. The molecule has 490 valence electrons. The Labute approximate surface area is 522 Å². The van der Waals surface area contributed by atoms with Gasteiger partial charge in [-0.3, -0.25) is 52.7 Å². The number of aryl methyl sites for hydroxylation is 1. The van der Waals surface area contributed by atoms with Crippen LogP contribution in [0.25, 0.3) is 22.6 Å². The fraction of sp³-hybridized carbons (Fsp3) is 0.613. The lowest BCUT2D eigenvalue weighted by molar-refractivity contribution is -0.169. The number of carbonyl (C=O) groups is 12. The van der Waals surface area contributed by atoms with Crippen LogP contribution in [-0.4, -0.2) is 225 Å². The van der Waals surface area contributed by atoms with Crippen molar-refractivity contribution in [3.05, 3.63) is 44.6 Å². The lowest BCUT2D eigenvalue weighted by Gasteiger charge is -2.43. The molecule has 1 aromatic carbocycles. The summed E-state index contributed by atoms with van der Waals surface area (Å²) in [4.78, 5) is 207. The number of aromatic nitrogens is 1. The summed E-state index contributed by atoms with van der Waals surface area (Å²) in [7, 11) is 5.38. The number of ether oxygens (including phenoxy) is 2. The topological polar surface area (TPSA) is 365 Å². The number of likely N-dealkylation sites (N-methyl/N-ethyl adjacent to an activating group) is 4. The molecule has 10 atom stereocenters. The Bertz CT molecular complexity index is 3300. The van der Waals surface area contributed by atoms with Crippen LogP contribution in [0.2, 0.25) is 0 Å². The van der Waals surface area contributed by atoms with Gasteiger partial charge in [0.2, 0.25) is 52.7 Å². The number of hydrogen-bond donors (Lipinski definition) is 4. The molecule has 5 heterocycles. The van der Waals surface area contributed by atoms with Crippen LogP contribution < -0.4 is 27.5 Å². The van der Waals surface area contributed by atoms with Crippen molar-refractivity contribution in [3.8, 4) is 11.5 Å². The van der Waals surface area contributed by atoms with Gasteiger partial charge in [0.05, 0.1) is 29.9 Å². The molecule has 0 saturated carbocycles. The van der Waals surface area contributed by atoms with Crippen molar-refractivity contribution in [1.29, 1.82) is 0 Å². The van der Waals surface area contributed by atoms with E-state index in [-0.39, 0.29) is 53.9 Å². The Morgan fingerprint density at radius 3 is 1.44 bits per heavy atom. The van der Waals surface area contributed by atoms with Gasteiger partial charge in [0.15, 0.2) is 11.3 Å². The predicted octanol–water partition coefficient (Wildman–Crippen LogP) is 0.807. The molecule has 0 radical (unpaired) electrons. The van der Waals surface area contributed by atoms with Crippen molar-refractivity contribution >= 4 is 87.8 Å². The maximum atomic E-state index is 17.0. The number of anilines is 1. The van der Waals surface area contributed by atoms with E-state index in [0.717, 1.165) is 19.6 Å². The van der Waals surface area contributed by atoms with Crippen molar-refractivity contribution in [2.75, 3.05) is 60.1 Å². The van der Waals surface area contributed by atoms with Gasteiger partial charge in [-0.1, -0.05) is 61.5 Å². The van der Waals surface area contributed by atoms with E-state index in [1.54, 1.807) is 62.3 Å². The number of nitrogen functional groups attached to an aromatic ring is 1. The minimum atomic E-state index is -2.43. The average Bonchev–Trinajstić information content (AvgIpc) is 0.874. The first-order valence-corrected chi connectivity index (χ1v) is 30.5. The van der Waals surface area contributed by atoms with Crippen LogP contribution in [0.3, 0.4) is 0 Å². The zero-order chi connectivity index (χ0) is 67.1. The standard InChI is InChI=1S/C62H86N12O16/c1-27(2)42-59(84)72-23-17-19-36(72)56(81)68(13)25-38(75)70(15)46(29(5)6)61(86)88-33(11)48(54(79)66-42)74(58(83)40-41(63)50(77)32(10)52-45(40)65-44-35(53(64)78)22-21-31(9)51(44)90-52)49-34(12)89-62(87)47(30(7)8)71(16)39(76)26-69(14)57(82)37-20-18-24-73(37)60(85)43(28(3)4)67-55(49)80/h21-22,27-30,33-34,36-37,42-43,46-49H,17-20,23-26,63H2,1-16H3,(H2,64,78)(H,66,79)(H,67,80). The minimum absolute atomic E-state index is 0.0383. The number of nitrogens with one attached hydrogen (secondary N) is 2. The third kappa shape index (κ3) is 13.1. The highest BCUT2D eigenvalue weighted by Gasteiger charge is 2.53. The lowest BCUT2D eigenvalue weighted by atomic mass is 9.94. The van der Waals surface area contributed by atoms with Crippen LogP contribution in [-0.2, 0) is 57.4 Å². The molecule has 28 nitrogen and oxygen atoms in total. The molecule has 4 fully saturated rings. The molecule has 5 aliphatic heterocycles. The summed E-state index contributed by atoms with van der Waals surface area (Å²) in [6.07, 6.45) is -2.98. The van der Waals surface area contributed by atoms with Crippen molar-refractivity contribution in [2.45, 2.75) is 169 Å². The Morgan fingerprint density at radius 2 is 1.06 bits per heavy atom. The van der Waals surface area contributed by atoms with Gasteiger partial charge < -0.3 is 70.3 Å². The molecule has 4 saturated heterocycles. The number of hydrogen-bond acceptors (Lipinski definition) is 18. The summed E-state index contributed by atoms with van der Waals surface area (Å²) >= 11 is 0. The monoisotopic (exact) mass is 1250 g/mol. The van der Waals surface area contributed by atoms with Crippen molar-refractivity contribution in [3.63, 3.8) is 0 Å². The van der Waals surface area contributed by atoms with E-state index < -0.39 is 191 Å². The van der Waals surface area contributed by atoms with Gasteiger partial charge in [0, 0.05) is 46.8 Å². The van der Waals surface area contributed by atoms with Crippen LogP contribution in [0.1, 0.15) is 127 Å². The summed E-state index contributed by atoms with van der Waals surface area (Å²) in [6, 6.07) is -10.3. The minimum Gasteiger partial charge on any atom is -0.458 e. The van der Waals surface area contributed by atoms with E-state index in [4.69, 9.17) is 30.3 Å². The number of cyclic esters (lactones) is 2. The Kier molecular flexibility index (Phi) is 20.8. The van der Waals surface area contributed by atoms with Gasteiger partial charge in [-0.15, -0.1) is 0 Å². The maximum Gasteiger partial charge on any atom is 0.329 e. The fourth-order valence-electron chi connectivity index (χ4n) is 12.7. The zero-order valence-corrected chi connectivity index (χ0v) is 54.2. The van der Waals surface area contributed by atoms with Crippen LogP contribution >= 0.6 is 0 Å². The van der Waals surface area contributed by atoms with Crippen LogP contribution in [0.5, 0.6) is 0 Å². The smallest absolute Gasteiger partial charge is 0.329 e. The molecule has 0 spiro atoms. The molecule has 10 amide bonds. The van der Waals surface area contributed by atoms with Gasteiger partial charge in [-0.05, 0) is 88.7 Å². The molecule has 1 aliphatic carbocycles. The van der Waals surface area contributed by atoms with Crippen LogP contribution in [0.15, 0.2) is 21.3 Å². The average molecular weight is 1260 g/mol. The van der Waals surface area contributed by atoms with Gasteiger partial charge in [-0.2, -0.15) is 0 Å². The third-order valence-electron chi connectivity index (χ3n) is 17.7. The highest BCUT2D eigenvalue weighted by atomic mass is 16.6. The van der Waals surface area contributed by atoms with Crippen molar-refractivity contribution < 1.29 is 71.4 Å². The summed E-state index contributed by atoms with van der Waals surface area (Å²) in [5.41, 5.74) is 9.18. The molecule has 0 bridgehead atoms. The molecular weight excluding hydrogens is 1170 g/mol. The van der Waals surface area contributed by atoms with Gasteiger partial charge in [-0.25, -0.2) is 14.6 Å². The van der Waals surface area contributed by atoms with Crippen molar-refractivity contribution in [2.24, 2.45) is 29.4 Å². The molecule has 0 aromatic heterocycles. The highest BCUT2D eigenvalue weighted by Crippen LogP contribution is 2.37. The maximum absolute atomic E-state index is 17.0. The molecule has 7 rings (SSSR count). The first kappa shape index (κ1) is 68.8. The number of fused-ring (bicyclic) bond motifs is 4. The molecular formula is C62H86N12O16. The van der Waals surface area contributed by atoms with E-state index in [1.807, 2.05) is 0 Å². The SMILES string of the molecule is Cc1c2oc3c(C)ccc(C(N)=O)c3nc-2c(C(=O)N(C2C(=O)NC(C(C)C)C(=O)N3CCCC3C(=O)N(C)CC(=O)N(C)C(C(C)C)C(=O)OC2C)C2C(=O)NC(C(C)C)C(=O)N3CCCC3C(=O)N(C)CC(=O)N(C)C(C(C)C)C(=O)OC2C)c(N)c1=O. The Balaban J connectivity index is 1.61.